The Morgan fingerprint density at radius 2 is 1.83 bits per heavy atom. The Kier molecular flexibility index (Phi) is 4.66. The van der Waals surface area contributed by atoms with E-state index in [1.165, 1.54) is 0 Å². The number of likely N-dealkylation sites (N-methyl/N-ethyl adjacent to an activating group) is 1. The second-order valence-electron chi connectivity index (χ2n) is 5.25. The average molecular weight is 313 g/mol. The molecule has 0 atom stereocenters. The van der Waals surface area contributed by atoms with E-state index in [4.69, 9.17) is 14.2 Å². The van der Waals surface area contributed by atoms with Crippen LogP contribution in [0.4, 0.5) is 0 Å². The molecule has 2 aromatic rings. The lowest BCUT2D eigenvalue weighted by atomic mass is 10.1. The van der Waals surface area contributed by atoms with Crippen molar-refractivity contribution in [3.05, 3.63) is 54.1 Å². The molecule has 0 aliphatic carbocycles. The van der Waals surface area contributed by atoms with Crippen molar-refractivity contribution in [3.63, 3.8) is 0 Å². The molecule has 0 unspecified atom stereocenters. The quantitative estimate of drug-likeness (QED) is 0.851. The summed E-state index contributed by atoms with van der Waals surface area (Å²) in [5.74, 6) is 2.03. The summed E-state index contributed by atoms with van der Waals surface area (Å²) < 4.78 is 16.6. The Bertz CT molecular complexity index is 672. The van der Waals surface area contributed by atoms with E-state index in [9.17, 15) is 4.79 Å². The Labute approximate surface area is 135 Å². The maximum atomic E-state index is 12.4. The number of hydrogen-bond acceptors (Lipinski definition) is 4. The van der Waals surface area contributed by atoms with Gasteiger partial charge in [-0.05, 0) is 30.3 Å². The molecule has 0 radical (unpaired) electrons. The lowest BCUT2D eigenvalue weighted by Crippen LogP contribution is -2.31. The smallest absolute Gasteiger partial charge is 0.253 e. The third-order valence-electron chi connectivity index (χ3n) is 3.57. The highest BCUT2D eigenvalue weighted by atomic mass is 16.6. The SMILES string of the molecule is CN(CCOc1ccccc1)C(=O)c1ccc2c(c1)OCCO2. The first-order chi connectivity index (χ1) is 11.2. The molecule has 0 aromatic heterocycles. The van der Waals surface area contributed by atoms with Crippen LogP contribution in [0.2, 0.25) is 0 Å². The third-order valence-corrected chi connectivity index (χ3v) is 3.57. The van der Waals surface area contributed by atoms with Crippen molar-refractivity contribution in [2.75, 3.05) is 33.4 Å². The van der Waals surface area contributed by atoms with Crippen molar-refractivity contribution < 1.29 is 19.0 Å². The van der Waals surface area contributed by atoms with Crippen molar-refractivity contribution in [1.82, 2.24) is 4.90 Å². The standard InChI is InChI=1S/C18H19NO4/c1-19(9-10-21-15-5-3-2-4-6-15)18(20)14-7-8-16-17(13-14)23-12-11-22-16/h2-8,13H,9-12H2,1H3. The van der Waals surface area contributed by atoms with Crippen LogP contribution in [-0.2, 0) is 0 Å². The van der Waals surface area contributed by atoms with Gasteiger partial charge in [-0.1, -0.05) is 18.2 Å². The van der Waals surface area contributed by atoms with Gasteiger partial charge in [-0.3, -0.25) is 4.79 Å². The summed E-state index contributed by atoms with van der Waals surface area (Å²) >= 11 is 0. The zero-order valence-corrected chi connectivity index (χ0v) is 13.0. The van der Waals surface area contributed by atoms with E-state index in [1.54, 1.807) is 30.1 Å². The van der Waals surface area contributed by atoms with E-state index in [2.05, 4.69) is 0 Å². The van der Waals surface area contributed by atoms with Crippen LogP contribution in [0.5, 0.6) is 17.2 Å². The van der Waals surface area contributed by atoms with Gasteiger partial charge in [-0.15, -0.1) is 0 Å². The fraction of sp³-hybridized carbons (Fsp3) is 0.278. The van der Waals surface area contributed by atoms with Crippen LogP contribution in [-0.4, -0.2) is 44.2 Å². The Hall–Kier alpha value is -2.69. The van der Waals surface area contributed by atoms with Gasteiger partial charge < -0.3 is 19.1 Å². The summed E-state index contributed by atoms with van der Waals surface area (Å²) in [6, 6.07) is 14.8. The van der Waals surface area contributed by atoms with Gasteiger partial charge in [-0.25, -0.2) is 0 Å². The number of para-hydroxylation sites is 1. The number of carbonyl (C=O) groups is 1. The number of rotatable bonds is 5. The largest absolute Gasteiger partial charge is 0.492 e. The number of amides is 1. The van der Waals surface area contributed by atoms with E-state index in [1.807, 2.05) is 30.3 Å². The zero-order valence-electron chi connectivity index (χ0n) is 13.0. The maximum absolute atomic E-state index is 12.4. The monoisotopic (exact) mass is 313 g/mol. The maximum Gasteiger partial charge on any atom is 0.253 e. The Balaban J connectivity index is 1.57. The van der Waals surface area contributed by atoms with Gasteiger partial charge in [0.2, 0.25) is 0 Å². The van der Waals surface area contributed by atoms with E-state index < -0.39 is 0 Å². The molecule has 1 heterocycles. The van der Waals surface area contributed by atoms with Gasteiger partial charge in [0.1, 0.15) is 25.6 Å². The minimum absolute atomic E-state index is 0.0707. The molecule has 0 bridgehead atoms. The number of ether oxygens (including phenoxy) is 3. The van der Waals surface area contributed by atoms with Crippen molar-refractivity contribution >= 4 is 5.91 Å². The normalized spacial score (nSPS) is 12.6. The molecule has 0 N–H and O–H groups in total. The highest BCUT2D eigenvalue weighted by Gasteiger charge is 2.17. The van der Waals surface area contributed by atoms with E-state index in [0.29, 0.717) is 43.4 Å². The molecule has 0 saturated carbocycles. The molecule has 1 amide bonds. The van der Waals surface area contributed by atoms with Gasteiger partial charge in [0.25, 0.3) is 5.91 Å². The number of nitrogens with zero attached hydrogens (tertiary/aromatic N) is 1. The van der Waals surface area contributed by atoms with Gasteiger partial charge in [-0.2, -0.15) is 0 Å². The van der Waals surface area contributed by atoms with E-state index in [0.717, 1.165) is 5.75 Å². The molecule has 0 spiro atoms. The highest BCUT2D eigenvalue weighted by molar-refractivity contribution is 5.94. The minimum atomic E-state index is -0.0707. The first kappa shape index (κ1) is 15.2. The average Bonchev–Trinajstić information content (AvgIpc) is 2.61. The first-order valence-corrected chi connectivity index (χ1v) is 7.57. The molecule has 5 nitrogen and oxygen atoms in total. The number of benzene rings is 2. The fourth-order valence-electron chi connectivity index (χ4n) is 2.32. The molecule has 120 valence electrons. The van der Waals surface area contributed by atoms with Crippen molar-refractivity contribution in [1.29, 1.82) is 0 Å². The van der Waals surface area contributed by atoms with Crippen molar-refractivity contribution in [2.45, 2.75) is 0 Å². The van der Waals surface area contributed by atoms with Gasteiger partial charge in [0, 0.05) is 12.6 Å². The zero-order chi connectivity index (χ0) is 16.1. The van der Waals surface area contributed by atoms with Crippen LogP contribution in [0.15, 0.2) is 48.5 Å². The lowest BCUT2D eigenvalue weighted by Gasteiger charge is -2.21. The number of fused-ring (bicyclic) bond motifs is 1. The summed E-state index contributed by atoms with van der Waals surface area (Å²) in [4.78, 5) is 14.1. The Morgan fingerprint density at radius 1 is 1.09 bits per heavy atom. The van der Waals surface area contributed by atoms with Crippen LogP contribution >= 0.6 is 0 Å². The molecule has 0 saturated heterocycles. The van der Waals surface area contributed by atoms with Crippen molar-refractivity contribution in [3.8, 4) is 17.2 Å². The molecule has 1 aliphatic heterocycles. The number of carbonyl (C=O) groups excluding carboxylic acids is 1. The van der Waals surface area contributed by atoms with Crippen LogP contribution in [0, 0.1) is 0 Å². The summed E-state index contributed by atoms with van der Waals surface area (Å²) in [5, 5.41) is 0. The van der Waals surface area contributed by atoms with Crippen molar-refractivity contribution in [2.24, 2.45) is 0 Å². The van der Waals surface area contributed by atoms with Crippen LogP contribution in [0.1, 0.15) is 10.4 Å². The van der Waals surface area contributed by atoms with E-state index in [-0.39, 0.29) is 5.91 Å². The third kappa shape index (κ3) is 3.74. The second kappa shape index (κ2) is 7.05. The lowest BCUT2D eigenvalue weighted by molar-refractivity contribution is 0.0772. The number of hydrogen-bond donors (Lipinski definition) is 0. The van der Waals surface area contributed by atoms with Gasteiger partial charge in [0.05, 0.1) is 6.54 Å². The summed E-state index contributed by atoms with van der Waals surface area (Å²) in [7, 11) is 1.76. The predicted octanol–water partition coefficient (Wildman–Crippen LogP) is 2.61. The molecular weight excluding hydrogens is 294 g/mol. The van der Waals surface area contributed by atoms with Gasteiger partial charge >= 0.3 is 0 Å². The molecule has 23 heavy (non-hydrogen) atoms. The van der Waals surface area contributed by atoms with E-state index >= 15 is 0 Å². The molecule has 1 aliphatic rings. The predicted molar refractivity (Wildman–Crippen MR) is 86.3 cm³/mol. The van der Waals surface area contributed by atoms with Gasteiger partial charge in [0.15, 0.2) is 11.5 Å². The molecule has 0 fully saturated rings. The summed E-state index contributed by atoms with van der Waals surface area (Å²) in [6.07, 6.45) is 0. The molecular formula is C18H19NO4. The second-order valence-corrected chi connectivity index (χ2v) is 5.25. The van der Waals surface area contributed by atoms with Crippen LogP contribution < -0.4 is 14.2 Å². The molecule has 2 aromatic carbocycles. The molecule has 3 rings (SSSR count). The Morgan fingerprint density at radius 3 is 2.61 bits per heavy atom. The highest BCUT2D eigenvalue weighted by Crippen LogP contribution is 2.31. The summed E-state index contributed by atoms with van der Waals surface area (Å²) in [6.45, 7) is 1.99. The summed E-state index contributed by atoms with van der Waals surface area (Å²) in [5.41, 5.74) is 0.580. The topological polar surface area (TPSA) is 48.0 Å². The fourth-order valence-corrected chi connectivity index (χ4v) is 2.32. The van der Waals surface area contributed by atoms with Crippen LogP contribution in [0.3, 0.4) is 0 Å². The molecule has 5 heteroatoms. The minimum Gasteiger partial charge on any atom is -0.492 e. The van der Waals surface area contributed by atoms with Crippen LogP contribution in [0.25, 0.3) is 0 Å². The first-order valence-electron chi connectivity index (χ1n) is 7.57.